The number of hydrogen-bond donors (Lipinski definition) is 4. The van der Waals surface area contributed by atoms with E-state index in [0.717, 1.165) is 61.3 Å². The number of ether oxygens (including phenoxy) is 4. The Morgan fingerprint density at radius 1 is 0.738 bits per heavy atom. The average molecular weight is 919 g/mol. The van der Waals surface area contributed by atoms with Gasteiger partial charge in [0.2, 0.25) is 0 Å². The van der Waals surface area contributed by atoms with Crippen LogP contribution in [0.3, 0.4) is 0 Å². The van der Waals surface area contributed by atoms with E-state index < -0.39 is 12.0 Å². The van der Waals surface area contributed by atoms with Gasteiger partial charge in [0.1, 0.15) is 55.5 Å². The summed E-state index contributed by atoms with van der Waals surface area (Å²) in [7, 11) is 1.70. The summed E-state index contributed by atoms with van der Waals surface area (Å²) >= 11 is 13.5. The minimum atomic E-state index is -1.07. The van der Waals surface area contributed by atoms with Crippen molar-refractivity contribution < 1.29 is 39.1 Å². The van der Waals surface area contributed by atoms with Gasteiger partial charge in [0.25, 0.3) is 0 Å². The van der Waals surface area contributed by atoms with Gasteiger partial charge in [0.05, 0.1) is 28.9 Å². The lowest BCUT2D eigenvalue weighted by Gasteiger charge is -2.19. The van der Waals surface area contributed by atoms with Crippen LogP contribution in [0.4, 0.5) is 0 Å². The number of benzene rings is 4. The molecular weight excluding hydrogens is 869 g/mol. The van der Waals surface area contributed by atoms with Crippen molar-refractivity contribution in [3.8, 4) is 34.1 Å². The first-order chi connectivity index (χ1) is 31.5. The molecule has 0 spiro atoms. The van der Waals surface area contributed by atoms with E-state index in [1.807, 2.05) is 36.4 Å². The quantitative estimate of drug-likeness (QED) is 0.0480. The SMILES string of the molecule is C/N=C/c1cncc(COc2cc(OCc3cccc(-c4cccc(COc5cc(OCc6cncc(C7=NC7)c6)c(CN[C@H](CCO)C(=O)O)cc5Cl)c4C)c3C)c(Cl)cc2CO)c1. The Morgan fingerprint density at radius 2 is 1.29 bits per heavy atom. The monoisotopic (exact) mass is 917 g/mol. The highest BCUT2D eigenvalue weighted by Crippen LogP contribution is 2.37. The van der Waals surface area contributed by atoms with Crippen molar-refractivity contribution in [2.24, 2.45) is 9.98 Å². The maximum Gasteiger partial charge on any atom is 0.320 e. The van der Waals surface area contributed by atoms with Gasteiger partial charge in [0, 0.05) is 96.7 Å². The van der Waals surface area contributed by atoms with Gasteiger partial charge in [0.15, 0.2) is 0 Å². The Bertz CT molecular complexity index is 2730. The van der Waals surface area contributed by atoms with Gasteiger partial charge in [-0.3, -0.25) is 24.7 Å². The highest BCUT2D eigenvalue weighted by molar-refractivity contribution is 6.32. The van der Waals surface area contributed by atoms with Crippen molar-refractivity contribution in [3.05, 3.63) is 163 Å². The van der Waals surface area contributed by atoms with Crippen LogP contribution in [0.15, 0.2) is 108 Å². The lowest BCUT2D eigenvalue weighted by Crippen LogP contribution is -2.37. The second kappa shape index (κ2) is 22.0. The number of halogens is 2. The minimum Gasteiger partial charge on any atom is -0.488 e. The van der Waals surface area contributed by atoms with Crippen LogP contribution >= 0.6 is 23.2 Å². The number of aliphatic hydroxyl groups is 2. The van der Waals surface area contributed by atoms with Crippen LogP contribution in [0.1, 0.15) is 62.1 Å². The predicted octanol–water partition coefficient (Wildman–Crippen LogP) is 8.65. The maximum atomic E-state index is 11.8. The van der Waals surface area contributed by atoms with E-state index >= 15 is 0 Å². The van der Waals surface area contributed by atoms with Crippen molar-refractivity contribution in [1.29, 1.82) is 0 Å². The summed E-state index contributed by atoms with van der Waals surface area (Å²) in [6.45, 7) is 5.22. The van der Waals surface area contributed by atoms with Gasteiger partial charge in [-0.15, -0.1) is 0 Å². The minimum absolute atomic E-state index is 0.0382. The molecule has 65 heavy (non-hydrogen) atoms. The summed E-state index contributed by atoms with van der Waals surface area (Å²) in [6, 6.07) is 21.9. The molecule has 4 aromatic carbocycles. The molecule has 15 heteroatoms. The summed E-state index contributed by atoms with van der Waals surface area (Å²) in [5.74, 6) is 0.641. The summed E-state index contributed by atoms with van der Waals surface area (Å²) in [5, 5.41) is 32.8. The van der Waals surface area contributed by atoms with Gasteiger partial charge < -0.3 is 39.6 Å². The number of nitrogens with zero attached hydrogens (tertiary/aromatic N) is 4. The summed E-state index contributed by atoms with van der Waals surface area (Å²) in [5.41, 5.74) is 11.6. The Balaban J connectivity index is 1.06. The molecule has 6 aromatic rings. The van der Waals surface area contributed by atoms with E-state index in [4.69, 9.17) is 42.1 Å². The smallest absolute Gasteiger partial charge is 0.320 e. The Kier molecular flexibility index (Phi) is 15.8. The number of aliphatic carboxylic acids is 1. The Labute approximate surface area is 387 Å². The fourth-order valence-electron chi connectivity index (χ4n) is 7.23. The number of aliphatic hydroxyl groups excluding tert-OH is 2. The molecule has 1 aliphatic rings. The number of carboxylic acid groups (broad SMARTS) is 1. The zero-order valence-corrected chi connectivity index (χ0v) is 37.7. The van der Waals surface area contributed by atoms with E-state index in [-0.39, 0.29) is 52.6 Å². The lowest BCUT2D eigenvalue weighted by atomic mass is 9.92. The van der Waals surface area contributed by atoms with Crippen molar-refractivity contribution in [2.75, 3.05) is 20.2 Å². The standard InChI is InChI=1S/C50H49Cl2N5O8/c1-30-35(28-64-48-16-46(62-27-34-13-37(22-55-21-34)45-24-57-45)38(14-42(48)51)23-56-44(10-11-58)50(60)61)6-4-8-40(30)41-9-5-7-36(31(41)2)29-65-49-17-47(39(25-59)15-43(49)52)63-26-33-12-32(18-53-3)19-54-20-33/h4-9,12-22,44,56,58-59H,10-11,23-29H2,1-3H3,(H,60,61)/b53-18+/t44-/m1/s1. The first-order valence-electron chi connectivity index (χ1n) is 20.9. The van der Waals surface area contributed by atoms with Crippen LogP contribution in [0.5, 0.6) is 23.0 Å². The third kappa shape index (κ3) is 12.1. The van der Waals surface area contributed by atoms with Crippen molar-refractivity contribution in [1.82, 2.24) is 15.3 Å². The Hall–Kier alpha value is -6.35. The number of hydrogen-bond acceptors (Lipinski definition) is 12. The van der Waals surface area contributed by atoms with E-state index in [0.29, 0.717) is 50.7 Å². The summed E-state index contributed by atoms with van der Waals surface area (Å²) < 4.78 is 25.1. The lowest BCUT2D eigenvalue weighted by molar-refractivity contribution is -0.140. The van der Waals surface area contributed by atoms with E-state index in [1.165, 1.54) is 0 Å². The molecule has 0 bridgehead atoms. The fourth-order valence-corrected chi connectivity index (χ4v) is 7.71. The average Bonchev–Trinajstić information content (AvgIpc) is 4.16. The highest BCUT2D eigenvalue weighted by Gasteiger charge is 2.20. The number of carbonyl (C=O) groups is 1. The number of nitrogens with one attached hydrogen (secondary N) is 1. The van der Waals surface area contributed by atoms with Crippen LogP contribution in [0.25, 0.3) is 11.1 Å². The summed E-state index contributed by atoms with van der Waals surface area (Å²) in [4.78, 5) is 28.7. The van der Waals surface area contributed by atoms with Crippen LogP contribution in [-0.2, 0) is 44.4 Å². The normalized spacial score (nSPS) is 12.5. The third-order valence-corrected chi connectivity index (χ3v) is 11.5. The number of pyridine rings is 2. The molecule has 0 aliphatic carbocycles. The van der Waals surface area contributed by atoms with Crippen LogP contribution in [-0.4, -0.2) is 69.4 Å². The number of aromatic nitrogens is 2. The topological polar surface area (TPSA) is 177 Å². The third-order valence-electron chi connectivity index (χ3n) is 10.9. The molecule has 0 saturated carbocycles. The molecule has 1 atom stereocenters. The molecule has 2 aromatic heterocycles. The predicted molar refractivity (Wildman–Crippen MR) is 251 cm³/mol. The summed E-state index contributed by atoms with van der Waals surface area (Å²) in [6.07, 6.45) is 8.68. The molecule has 3 heterocycles. The van der Waals surface area contributed by atoms with Crippen molar-refractivity contribution in [3.63, 3.8) is 0 Å². The molecule has 0 radical (unpaired) electrons. The van der Waals surface area contributed by atoms with Crippen molar-refractivity contribution in [2.45, 2.75) is 65.9 Å². The second-order valence-electron chi connectivity index (χ2n) is 15.4. The molecule has 0 amide bonds. The van der Waals surface area contributed by atoms with E-state index in [9.17, 15) is 20.1 Å². The molecule has 336 valence electrons. The number of carboxylic acids is 1. The Morgan fingerprint density at radius 3 is 1.85 bits per heavy atom. The first-order valence-corrected chi connectivity index (χ1v) is 21.7. The molecular formula is C50H49Cl2N5O8. The molecule has 0 unspecified atom stereocenters. The zero-order valence-electron chi connectivity index (χ0n) is 36.2. The van der Waals surface area contributed by atoms with Gasteiger partial charge in [-0.1, -0.05) is 59.6 Å². The van der Waals surface area contributed by atoms with Crippen LogP contribution < -0.4 is 24.3 Å². The molecule has 1 aliphatic heterocycles. The molecule has 13 nitrogen and oxygen atoms in total. The maximum absolute atomic E-state index is 11.8. The zero-order chi connectivity index (χ0) is 45.9. The highest BCUT2D eigenvalue weighted by atomic mass is 35.5. The fraction of sp³-hybridized carbons (Fsp3) is 0.260. The van der Waals surface area contributed by atoms with Gasteiger partial charge in [-0.2, -0.15) is 0 Å². The molecule has 0 fully saturated rings. The number of rotatable bonds is 22. The second-order valence-corrected chi connectivity index (χ2v) is 16.2. The first kappa shape index (κ1) is 46.6. The largest absolute Gasteiger partial charge is 0.488 e. The van der Waals surface area contributed by atoms with Gasteiger partial charge >= 0.3 is 5.97 Å². The number of aliphatic imine (C=N–C) groups is 2. The van der Waals surface area contributed by atoms with E-state index in [1.54, 1.807) is 62.3 Å². The molecule has 7 rings (SSSR count). The van der Waals surface area contributed by atoms with E-state index in [2.05, 4.69) is 51.2 Å². The van der Waals surface area contributed by atoms with Crippen LogP contribution in [0.2, 0.25) is 10.0 Å². The van der Waals surface area contributed by atoms with Gasteiger partial charge in [-0.05, 0) is 77.9 Å². The molecule has 4 N–H and O–H groups in total. The molecule has 0 saturated heterocycles. The van der Waals surface area contributed by atoms with Crippen molar-refractivity contribution >= 4 is 41.1 Å². The van der Waals surface area contributed by atoms with Crippen LogP contribution in [0, 0.1) is 13.8 Å². The van der Waals surface area contributed by atoms with Gasteiger partial charge in [-0.25, -0.2) is 0 Å².